The monoisotopic (exact) mass is 602 g/mol. The van der Waals surface area contributed by atoms with Gasteiger partial charge in [0.05, 0.1) is 29.4 Å². The third kappa shape index (κ3) is 5.98. The van der Waals surface area contributed by atoms with Crippen LogP contribution in [0.4, 0.5) is 34.1 Å². The average Bonchev–Trinajstić information content (AvgIpc) is 2.96. The van der Waals surface area contributed by atoms with Gasteiger partial charge in [-0.05, 0) is 43.2 Å². The first kappa shape index (κ1) is 29.2. The molecule has 0 saturated carbocycles. The van der Waals surface area contributed by atoms with Gasteiger partial charge >= 0.3 is 12.2 Å². The maximum Gasteiger partial charge on any atom is 0.411 e. The SMILES string of the molecule is COC(=O)Nc1ccc2c(c1)NC(=O)CCCCC(N1CCC(c3c(F)ccc(Cl)c3F)OC1=O)c1cc-2cnc1F. The van der Waals surface area contributed by atoms with Crippen LogP contribution < -0.4 is 10.6 Å². The van der Waals surface area contributed by atoms with E-state index >= 15 is 4.39 Å². The second kappa shape index (κ2) is 12.3. The molecule has 1 saturated heterocycles. The van der Waals surface area contributed by atoms with Crippen LogP contribution in [-0.4, -0.2) is 41.6 Å². The fraction of sp³-hybridized carbons (Fsp3) is 0.310. The third-order valence-electron chi connectivity index (χ3n) is 7.28. The molecule has 0 aliphatic carbocycles. The first-order chi connectivity index (χ1) is 20.2. The Balaban J connectivity index is 1.49. The van der Waals surface area contributed by atoms with Crippen molar-refractivity contribution < 1.29 is 37.0 Å². The van der Waals surface area contributed by atoms with E-state index in [1.54, 1.807) is 24.3 Å². The molecule has 2 aliphatic rings. The lowest BCUT2D eigenvalue weighted by Gasteiger charge is -2.37. The largest absolute Gasteiger partial charge is 0.453 e. The number of halogens is 4. The first-order valence-electron chi connectivity index (χ1n) is 13.2. The van der Waals surface area contributed by atoms with E-state index in [2.05, 4.69) is 20.4 Å². The number of methoxy groups -OCH3 is 1. The minimum absolute atomic E-state index is 0.0167. The fourth-order valence-electron chi connectivity index (χ4n) is 5.23. The highest BCUT2D eigenvalue weighted by Crippen LogP contribution is 2.40. The number of hydrogen-bond donors (Lipinski definition) is 2. The molecule has 2 atom stereocenters. The van der Waals surface area contributed by atoms with E-state index in [1.807, 2.05) is 0 Å². The van der Waals surface area contributed by atoms with E-state index in [-0.39, 0.29) is 42.3 Å². The number of pyridine rings is 1. The van der Waals surface area contributed by atoms with Crippen molar-refractivity contribution in [2.75, 3.05) is 24.3 Å². The number of rotatable bonds is 3. The number of carbonyl (C=O) groups is 3. The predicted molar refractivity (Wildman–Crippen MR) is 147 cm³/mol. The van der Waals surface area contributed by atoms with Crippen LogP contribution in [0, 0.1) is 17.6 Å². The van der Waals surface area contributed by atoms with Gasteiger partial charge in [-0.25, -0.2) is 23.4 Å². The molecule has 3 heterocycles. The van der Waals surface area contributed by atoms with Gasteiger partial charge in [0.2, 0.25) is 11.9 Å². The lowest BCUT2D eigenvalue weighted by Crippen LogP contribution is -2.42. The summed E-state index contributed by atoms with van der Waals surface area (Å²) < 4.78 is 54.5. The first-order valence-corrected chi connectivity index (χ1v) is 13.6. The predicted octanol–water partition coefficient (Wildman–Crippen LogP) is 7.13. The Morgan fingerprint density at radius 3 is 2.71 bits per heavy atom. The van der Waals surface area contributed by atoms with Crippen LogP contribution in [0.3, 0.4) is 0 Å². The number of cyclic esters (lactones) is 1. The van der Waals surface area contributed by atoms with E-state index in [1.165, 1.54) is 18.2 Å². The number of hydrogen-bond acceptors (Lipinski definition) is 6. The standard InChI is InChI=1S/C29H26ClF3N4O5/c1-41-28(39)35-16-6-7-17-15-12-18(27(33)34-14-15)22(4-2-3-5-24(38)36-21(17)13-16)37-11-10-23(42-29(37)40)25-20(31)9-8-19(30)26(25)32/h6-9,12-14,22-23H,2-5,10-11H2,1H3,(H,35,39)(H,36,38). The van der Waals surface area contributed by atoms with Crippen molar-refractivity contribution in [3.8, 4) is 11.1 Å². The van der Waals surface area contributed by atoms with Crippen LogP contribution in [-0.2, 0) is 14.3 Å². The summed E-state index contributed by atoms with van der Waals surface area (Å²) in [4.78, 5) is 43.0. The number of fused-ring (bicyclic) bond motifs is 4. The summed E-state index contributed by atoms with van der Waals surface area (Å²) in [6.07, 6.45) is -0.138. The van der Waals surface area contributed by atoms with Crippen LogP contribution >= 0.6 is 11.6 Å². The van der Waals surface area contributed by atoms with Crippen LogP contribution in [0.5, 0.6) is 0 Å². The molecule has 0 radical (unpaired) electrons. The molecular weight excluding hydrogens is 577 g/mol. The van der Waals surface area contributed by atoms with Gasteiger partial charge in [0.1, 0.15) is 11.9 Å². The lowest BCUT2D eigenvalue weighted by atomic mass is 9.94. The Bertz CT molecular complexity index is 1560. The van der Waals surface area contributed by atoms with E-state index in [9.17, 15) is 23.2 Å². The molecule has 1 fully saturated rings. The highest BCUT2D eigenvalue weighted by molar-refractivity contribution is 6.30. The average molecular weight is 603 g/mol. The molecule has 2 bridgehead atoms. The van der Waals surface area contributed by atoms with Crippen molar-refractivity contribution in [1.29, 1.82) is 0 Å². The Hall–Kier alpha value is -4.32. The van der Waals surface area contributed by atoms with E-state index < -0.39 is 47.5 Å². The molecular formula is C29H26ClF3N4O5. The van der Waals surface area contributed by atoms with E-state index in [4.69, 9.17) is 16.3 Å². The maximum absolute atomic E-state index is 15.3. The Morgan fingerprint density at radius 2 is 1.95 bits per heavy atom. The van der Waals surface area contributed by atoms with Crippen molar-refractivity contribution in [2.45, 2.75) is 44.2 Å². The Labute approximate surface area is 244 Å². The van der Waals surface area contributed by atoms with Crippen LogP contribution in [0.15, 0.2) is 42.6 Å². The molecule has 9 nitrogen and oxygen atoms in total. The summed E-state index contributed by atoms with van der Waals surface area (Å²) in [5.74, 6) is -2.96. The molecule has 42 heavy (non-hydrogen) atoms. The van der Waals surface area contributed by atoms with Crippen LogP contribution in [0.2, 0.25) is 5.02 Å². The fourth-order valence-corrected chi connectivity index (χ4v) is 5.39. The molecule has 3 amide bonds. The van der Waals surface area contributed by atoms with Gasteiger partial charge in [0.15, 0.2) is 5.82 Å². The highest BCUT2D eigenvalue weighted by Gasteiger charge is 2.37. The number of carbonyl (C=O) groups excluding carboxylic acids is 3. The number of anilines is 2. The number of ether oxygens (including phenoxy) is 2. The number of amides is 3. The van der Waals surface area contributed by atoms with E-state index in [0.29, 0.717) is 35.3 Å². The summed E-state index contributed by atoms with van der Waals surface area (Å²) in [5.41, 5.74) is 1.35. The number of nitrogens with one attached hydrogen (secondary N) is 2. The molecule has 3 aromatic rings. The topological polar surface area (TPSA) is 110 Å². The van der Waals surface area contributed by atoms with Crippen molar-refractivity contribution in [3.05, 3.63) is 76.3 Å². The van der Waals surface area contributed by atoms with Gasteiger partial charge in [0.25, 0.3) is 0 Å². The zero-order valence-corrected chi connectivity index (χ0v) is 23.1. The molecule has 2 N–H and O–H groups in total. The molecule has 2 aromatic carbocycles. The second-order valence-corrected chi connectivity index (χ2v) is 10.3. The van der Waals surface area contributed by atoms with Gasteiger partial charge in [-0.15, -0.1) is 0 Å². The van der Waals surface area contributed by atoms with Crippen molar-refractivity contribution >= 4 is 41.1 Å². The summed E-state index contributed by atoms with van der Waals surface area (Å²) in [7, 11) is 1.22. The Kier molecular flexibility index (Phi) is 8.53. The smallest absolute Gasteiger partial charge is 0.411 e. The summed E-state index contributed by atoms with van der Waals surface area (Å²) in [6, 6.07) is 7.57. The zero-order chi connectivity index (χ0) is 30.0. The maximum atomic E-state index is 15.3. The molecule has 2 aliphatic heterocycles. The van der Waals surface area contributed by atoms with Gasteiger partial charge < -0.3 is 19.7 Å². The molecule has 220 valence electrons. The minimum atomic E-state index is -1.21. The zero-order valence-electron chi connectivity index (χ0n) is 22.4. The minimum Gasteiger partial charge on any atom is -0.453 e. The van der Waals surface area contributed by atoms with Gasteiger partial charge in [-0.1, -0.05) is 24.1 Å². The Morgan fingerprint density at radius 1 is 1.14 bits per heavy atom. The van der Waals surface area contributed by atoms with Crippen molar-refractivity contribution in [2.24, 2.45) is 0 Å². The van der Waals surface area contributed by atoms with Crippen LogP contribution in [0.1, 0.15) is 55.4 Å². The molecule has 0 spiro atoms. The number of aromatic nitrogens is 1. The molecule has 1 aromatic heterocycles. The quantitative estimate of drug-likeness (QED) is 0.244. The molecule has 2 unspecified atom stereocenters. The third-order valence-corrected chi connectivity index (χ3v) is 7.57. The van der Waals surface area contributed by atoms with Crippen molar-refractivity contribution in [3.63, 3.8) is 0 Å². The molecule has 13 heteroatoms. The van der Waals surface area contributed by atoms with Crippen LogP contribution in [0.25, 0.3) is 11.1 Å². The van der Waals surface area contributed by atoms with Crippen molar-refractivity contribution in [1.82, 2.24) is 9.88 Å². The number of benzene rings is 2. The van der Waals surface area contributed by atoms with Gasteiger partial charge in [-0.3, -0.25) is 10.1 Å². The highest BCUT2D eigenvalue weighted by atomic mass is 35.5. The van der Waals surface area contributed by atoms with Gasteiger partial charge in [0, 0.05) is 48.0 Å². The second-order valence-electron chi connectivity index (χ2n) is 9.90. The molecule has 5 rings (SSSR count). The normalized spacial score (nSPS) is 19.0. The van der Waals surface area contributed by atoms with E-state index in [0.717, 1.165) is 12.1 Å². The van der Waals surface area contributed by atoms with Gasteiger partial charge in [-0.2, -0.15) is 4.39 Å². The number of nitrogens with zero attached hydrogens (tertiary/aromatic N) is 2. The summed E-state index contributed by atoms with van der Waals surface area (Å²) >= 11 is 5.82. The summed E-state index contributed by atoms with van der Waals surface area (Å²) in [6.45, 7) is 0.0167. The summed E-state index contributed by atoms with van der Waals surface area (Å²) in [5, 5.41) is 5.08. The lowest BCUT2D eigenvalue weighted by molar-refractivity contribution is -0.116.